The molecule has 0 aromatic carbocycles. The van der Waals surface area contributed by atoms with Crippen LogP contribution < -0.4 is 5.32 Å². The van der Waals surface area contributed by atoms with Gasteiger partial charge in [-0.15, -0.1) is 0 Å². The first-order valence-electron chi connectivity index (χ1n) is 6.78. The van der Waals surface area contributed by atoms with Crippen molar-refractivity contribution < 1.29 is 9.59 Å². The summed E-state index contributed by atoms with van der Waals surface area (Å²) in [7, 11) is 1.66. The molecule has 0 fully saturated rings. The Kier molecular flexibility index (Phi) is 8.87. The Labute approximate surface area is 116 Å². The standard InChI is InChI=1S/C14H27N3O2/c1-6-8-15-13(18)10-16(5)14(19)11-17(7-2)9-12(3)4/h3,6-11H2,1-2,4-5H3,(H,15,18). The van der Waals surface area contributed by atoms with Crippen LogP contribution in [0.15, 0.2) is 12.2 Å². The number of hydrogen-bond acceptors (Lipinski definition) is 3. The molecule has 0 aliphatic carbocycles. The van der Waals surface area contributed by atoms with E-state index in [1.807, 2.05) is 25.7 Å². The van der Waals surface area contributed by atoms with Crippen LogP contribution >= 0.6 is 0 Å². The number of carbonyl (C=O) groups is 2. The fourth-order valence-electron chi connectivity index (χ4n) is 1.60. The van der Waals surface area contributed by atoms with E-state index >= 15 is 0 Å². The summed E-state index contributed by atoms with van der Waals surface area (Å²) >= 11 is 0. The van der Waals surface area contributed by atoms with Gasteiger partial charge in [-0.2, -0.15) is 0 Å². The summed E-state index contributed by atoms with van der Waals surface area (Å²) in [5, 5.41) is 2.76. The third-order valence-electron chi connectivity index (χ3n) is 2.68. The summed E-state index contributed by atoms with van der Waals surface area (Å²) in [6.07, 6.45) is 0.894. The fourth-order valence-corrected chi connectivity index (χ4v) is 1.60. The second kappa shape index (κ2) is 9.55. The Morgan fingerprint density at radius 3 is 2.26 bits per heavy atom. The number of hydrogen-bond donors (Lipinski definition) is 1. The van der Waals surface area contributed by atoms with Crippen molar-refractivity contribution in [3.05, 3.63) is 12.2 Å². The van der Waals surface area contributed by atoms with Crippen LogP contribution in [0.25, 0.3) is 0 Å². The third-order valence-corrected chi connectivity index (χ3v) is 2.68. The van der Waals surface area contributed by atoms with Crippen molar-refractivity contribution in [1.29, 1.82) is 0 Å². The van der Waals surface area contributed by atoms with Gasteiger partial charge in [-0.3, -0.25) is 14.5 Å². The number of likely N-dealkylation sites (N-methyl/N-ethyl adjacent to an activating group) is 2. The van der Waals surface area contributed by atoms with E-state index < -0.39 is 0 Å². The van der Waals surface area contributed by atoms with Gasteiger partial charge in [-0.05, 0) is 19.9 Å². The van der Waals surface area contributed by atoms with Crippen LogP contribution in [0.4, 0.5) is 0 Å². The molecule has 110 valence electrons. The predicted octanol–water partition coefficient (Wildman–Crippen LogP) is 0.869. The minimum atomic E-state index is -0.111. The maximum atomic E-state index is 12.0. The van der Waals surface area contributed by atoms with Crippen LogP contribution in [0.1, 0.15) is 27.2 Å². The molecule has 0 aromatic heterocycles. The number of carbonyl (C=O) groups excluding carboxylic acids is 2. The van der Waals surface area contributed by atoms with Gasteiger partial charge in [0.1, 0.15) is 0 Å². The van der Waals surface area contributed by atoms with Gasteiger partial charge in [0.15, 0.2) is 0 Å². The molecule has 0 aromatic rings. The summed E-state index contributed by atoms with van der Waals surface area (Å²) in [5.74, 6) is -0.157. The Morgan fingerprint density at radius 1 is 1.16 bits per heavy atom. The van der Waals surface area contributed by atoms with Crippen molar-refractivity contribution in [3.63, 3.8) is 0 Å². The molecule has 0 spiro atoms. The van der Waals surface area contributed by atoms with Gasteiger partial charge in [-0.1, -0.05) is 26.0 Å². The van der Waals surface area contributed by atoms with E-state index in [9.17, 15) is 9.59 Å². The minimum absolute atomic E-state index is 0.0465. The van der Waals surface area contributed by atoms with Gasteiger partial charge >= 0.3 is 0 Å². The molecule has 5 nitrogen and oxygen atoms in total. The maximum Gasteiger partial charge on any atom is 0.239 e. The molecule has 0 heterocycles. The van der Waals surface area contributed by atoms with Crippen molar-refractivity contribution in [2.24, 2.45) is 0 Å². The number of rotatable bonds is 9. The lowest BCUT2D eigenvalue weighted by molar-refractivity contribution is -0.135. The highest BCUT2D eigenvalue weighted by molar-refractivity contribution is 5.85. The Bertz CT molecular complexity index is 316. The number of amides is 2. The molecule has 19 heavy (non-hydrogen) atoms. The Balaban J connectivity index is 4.17. The minimum Gasteiger partial charge on any atom is -0.355 e. The SMILES string of the molecule is C=C(C)CN(CC)CC(=O)N(C)CC(=O)NCCC. The van der Waals surface area contributed by atoms with Gasteiger partial charge < -0.3 is 10.2 Å². The van der Waals surface area contributed by atoms with Crippen LogP contribution in [0.2, 0.25) is 0 Å². The zero-order valence-electron chi connectivity index (χ0n) is 12.7. The van der Waals surface area contributed by atoms with Gasteiger partial charge in [-0.25, -0.2) is 0 Å². The summed E-state index contributed by atoms with van der Waals surface area (Å²) in [6, 6.07) is 0. The lowest BCUT2D eigenvalue weighted by atomic mass is 10.3. The molecule has 0 aliphatic rings. The second-order valence-electron chi connectivity index (χ2n) is 4.86. The molecule has 2 amide bonds. The van der Waals surface area contributed by atoms with E-state index in [0.717, 1.165) is 18.5 Å². The van der Waals surface area contributed by atoms with E-state index in [2.05, 4.69) is 11.9 Å². The van der Waals surface area contributed by atoms with Crippen molar-refractivity contribution in [2.45, 2.75) is 27.2 Å². The summed E-state index contributed by atoms with van der Waals surface area (Å²) in [5.41, 5.74) is 1.03. The number of nitrogens with one attached hydrogen (secondary N) is 1. The highest BCUT2D eigenvalue weighted by Crippen LogP contribution is 1.97. The van der Waals surface area contributed by atoms with Crippen molar-refractivity contribution in [1.82, 2.24) is 15.1 Å². The lowest BCUT2D eigenvalue weighted by Gasteiger charge is -2.23. The normalized spacial score (nSPS) is 10.4. The zero-order valence-corrected chi connectivity index (χ0v) is 12.7. The molecule has 0 unspecified atom stereocenters. The van der Waals surface area contributed by atoms with E-state index in [-0.39, 0.29) is 18.4 Å². The highest BCUT2D eigenvalue weighted by Gasteiger charge is 2.15. The van der Waals surface area contributed by atoms with Crippen molar-refractivity contribution in [2.75, 3.05) is 39.8 Å². The molecule has 5 heteroatoms. The smallest absolute Gasteiger partial charge is 0.239 e. The first-order chi connectivity index (χ1) is 8.90. The second-order valence-corrected chi connectivity index (χ2v) is 4.86. The monoisotopic (exact) mass is 269 g/mol. The largest absolute Gasteiger partial charge is 0.355 e. The molecule has 0 aliphatic heterocycles. The average molecular weight is 269 g/mol. The van der Waals surface area contributed by atoms with Crippen LogP contribution in [0.3, 0.4) is 0 Å². The molecular weight excluding hydrogens is 242 g/mol. The van der Waals surface area contributed by atoms with E-state index in [1.54, 1.807) is 7.05 Å². The van der Waals surface area contributed by atoms with E-state index in [4.69, 9.17) is 0 Å². The quantitative estimate of drug-likeness (QED) is 0.632. The van der Waals surface area contributed by atoms with Gasteiger partial charge in [0.05, 0.1) is 13.1 Å². The summed E-state index contributed by atoms with van der Waals surface area (Å²) < 4.78 is 0. The van der Waals surface area contributed by atoms with Gasteiger partial charge in [0.25, 0.3) is 0 Å². The third kappa shape index (κ3) is 8.37. The first-order valence-corrected chi connectivity index (χ1v) is 6.78. The van der Waals surface area contributed by atoms with E-state index in [0.29, 0.717) is 19.6 Å². The number of nitrogens with zero attached hydrogens (tertiary/aromatic N) is 2. The predicted molar refractivity (Wildman–Crippen MR) is 77.9 cm³/mol. The molecule has 0 saturated heterocycles. The summed E-state index contributed by atoms with van der Waals surface area (Å²) in [6.45, 7) is 12.4. The zero-order chi connectivity index (χ0) is 14.8. The highest BCUT2D eigenvalue weighted by atomic mass is 16.2. The van der Waals surface area contributed by atoms with Crippen molar-refractivity contribution in [3.8, 4) is 0 Å². The maximum absolute atomic E-state index is 12.0. The molecular formula is C14H27N3O2. The topological polar surface area (TPSA) is 52.7 Å². The van der Waals surface area contributed by atoms with Crippen LogP contribution in [-0.2, 0) is 9.59 Å². The fraction of sp³-hybridized carbons (Fsp3) is 0.714. The average Bonchev–Trinajstić information content (AvgIpc) is 2.34. The molecule has 0 bridgehead atoms. The van der Waals surface area contributed by atoms with Crippen LogP contribution in [0, 0.1) is 0 Å². The Morgan fingerprint density at radius 2 is 1.79 bits per heavy atom. The van der Waals surface area contributed by atoms with E-state index in [1.165, 1.54) is 4.90 Å². The Hall–Kier alpha value is -1.36. The molecule has 1 N–H and O–H groups in total. The first kappa shape index (κ1) is 17.6. The lowest BCUT2D eigenvalue weighted by Crippen LogP contribution is -2.43. The van der Waals surface area contributed by atoms with Gasteiger partial charge in [0.2, 0.25) is 11.8 Å². The molecule has 0 rings (SSSR count). The molecule has 0 saturated carbocycles. The van der Waals surface area contributed by atoms with Gasteiger partial charge in [0, 0.05) is 20.1 Å². The van der Waals surface area contributed by atoms with Crippen molar-refractivity contribution >= 4 is 11.8 Å². The molecule has 0 atom stereocenters. The molecule has 0 radical (unpaired) electrons. The van der Waals surface area contributed by atoms with Crippen LogP contribution in [0.5, 0.6) is 0 Å². The summed E-state index contributed by atoms with van der Waals surface area (Å²) in [4.78, 5) is 27.0. The van der Waals surface area contributed by atoms with Crippen LogP contribution in [-0.4, -0.2) is 61.4 Å².